The molecule has 30 heteroatoms. The van der Waals surface area contributed by atoms with Crippen LogP contribution >= 0.6 is 23.5 Å². The molecule has 3 aromatic heterocycles. The van der Waals surface area contributed by atoms with Gasteiger partial charge in [0.15, 0.2) is 29.7 Å². The molecule has 6 heterocycles. The third kappa shape index (κ3) is 7.51. The van der Waals surface area contributed by atoms with E-state index in [2.05, 4.69) is 42.6 Å². The topological polar surface area (TPSA) is 396 Å². The molecule has 0 spiro atoms. The highest BCUT2D eigenvalue weighted by Crippen LogP contribution is 2.67. The zero-order valence-electron chi connectivity index (χ0n) is 25.7. The molecule has 0 radical (unpaired) electrons. The first-order valence-electron chi connectivity index (χ1n) is 14.3. The number of phosphoric acid groups is 3. The van der Waals surface area contributed by atoms with E-state index in [1.807, 2.05) is 0 Å². The third-order valence-electron chi connectivity index (χ3n) is 7.77. The molecular formula is C21H31N10O17P3. The SMILES string of the molecule is CN1CN([C@@H]2O[C@H](COP(=O)(O)OP(=O)(O)OP(=O)(O)OC[C@H]3O[C@@H](n4cnc5c(N)ncnc54)[C@H](O)[C@@H]3O)[C@@H](O)[C@H]2O)c2nc(N)[nH]c(=O)c21. The smallest absolute Gasteiger partial charge is 0.387 e. The van der Waals surface area contributed by atoms with Gasteiger partial charge in [-0.2, -0.15) is 13.6 Å². The predicted molar refractivity (Wildman–Crippen MR) is 165 cm³/mol. The van der Waals surface area contributed by atoms with Crippen molar-refractivity contribution in [3.8, 4) is 0 Å². The highest BCUT2D eigenvalue weighted by atomic mass is 31.3. The van der Waals surface area contributed by atoms with Gasteiger partial charge >= 0.3 is 23.5 Å². The molecule has 2 fully saturated rings. The average Bonchev–Trinajstić information content (AvgIpc) is 3.74. The third-order valence-corrected chi connectivity index (χ3v) is 12.0. The summed E-state index contributed by atoms with van der Waals surface area (Å²) < 4.78 is 67.0. The molecule has 0 amide bonds. The summed E-state index contributed by atoms with van der Waals surface area (Å²) in [7, 11) is -15.7. The Morgan fingerprint density at radius 3 is 2.06 bits per heavy atom. The second-order valence-corrected chi connectivity index (χ2v) is 15.9. The quantitative estimate of drug-likeness (QED) is 0.0793. The van der Waals surface area contributed by atoms with Crippen LogP contribution in [0, 0.1) is 0 Å². The predicted octanol–water partition coefficient (Wildman–Crippen LogP) is -3.58. The molecular weight excluding hydrogens is 757 g/mol. The van der Waals surface area contributed by atoms with Crippen molar-refractivity contribution in [1.29, 1.82) is 0 Å². The average molecular weight is 788 g/mol. The fourth-order valence-corrected chi connectivity index (χ4v) is 9.04. The summed E-state index contributed by atoms with van der Waals surface area (Å²) in [5.41, 5.74) is 11.1. The highest BCUT2D eigenvalue weighted by Gasteiger charge is 2.51. The monoisotopic (exact) mass is 788 g/mol. The molecule has 2 saturated heterocycles. The van der Waals surface area contributed by atoms with Gasteiger partial charge in [-0.3, -0.25) is 23.4 Å². The number of nitrogen functional groups attached to an aromatic ring is 2. The lowest BCUT2D eigenvalue weighted by Gasteiger charge is -2.27. The Labute approximate surface area is 283 Å². The maximum Gasteiger partial charge on any atom is 0.490 e. The van der Waals surface area contributed by atoms with Gasteiger partial charge in [0.1, 0.15) is 54.2 Å². The van der Waals surface area contributed by atoms with E-state index in [0.29, 0.717) is 0 Å². The Bertz CT molecular complexity index is 2000. The van der Waals surface area contributed by atoms with Crippen LogP contribution in [0.3, 0.4) is 0 Å². The minimum Gasteiger partial charge on any atom is -0.387 e. The van der Waals surface area contributed by atoms with E-state index < -0.39 is 91.3 Å². The largest absolute Gasteiger partial charge is 0.490 e. The number of hydrogen-bond acceptors (Lipinski definition) is 22. The van der Waals surface area contributed by atoms with E-state index in [0.717, 1.165) is 6.33 Å². The van der Waals surface area contributed by atoms with E-state index in [4.69, 9.17) is 20.9 Å². The van der Waals surface area contributed by atoms with E-state index in [1.54, 1.807) is 0 Å². The van der Waals surface area contributed by atoms with Crippen LogP contribution in [0.15, 0.2) is 17.4 Å². The summed E-state index contributed by atoms with van der Waals surface area (Å²) in [5.74, 6) is -0.243. The number of rotatable bonds is 12. The number of fused-ring (bicyclic) bond motifs is 2. The van der Waals surface area contributed by atoms with Crippen molar-refractivity contribution < 1.29 is 75.9 Å². The molecule has 3 aliphatic rings. The number of aromatic amines is 1. The second-order valence-electron chi connectivity index (χ2n) is 11.3. The minimum atomic E-state index is -5.97. The summed E-state index contributed by atoms with van der Waals surface area (Å²) in [6.45, 7) is -2.15. The molecule has 3 unspecified atom stereocenters. The van der Waals surface area contributed by atoms with Gasteiger partial charge in [0.2, 0.25) is 5.95 Å². The Hall–Kier alpha value is -3.20. The molecule has 0 aromatic carbocycles. The molecule has 0 aliphatic carbocycles. The molecule has 11 atom stereocenters. The van der Waals surface area contributed by atoms with Crippen molar-refractivity contribution in [2.24, 2.45) is 0 Å². The van der Waals surface area contributed by atoms with Crippen LogP contribution in [0.4, 0.5) is 23.3 Å². The lowest BCUT2D eigenvalue weighted by molar-refractivity contribution is -0.0503. The fraction of sp³-hybridized carbons (Fsp3) is 0.571. The Morgan fingerprint density at radius 1 is 0.882 bits per heavy atom. The van der Waals surface area contributed by atoms with Gasteiger partial charge in [0, 0.05) is 7.05 Å². The van der Waals surface area contributed by atoms with E-state index in [-0.39, 0.29) is 41.1 Å². The van der Waals surface area contributed by atoms with Crippen LogP contribution in [-0.4, -0.2) is 134 Å². The first kappa shape index (κ1) is 37.6. The zero-order chi connectivity index (χ0) is 37.2. The summed E-state index contributed by atoms with van der Waals surface area (Å²) in [6, 6.07) is 0. The highest BCUT2D eigenvalue weighted by molar-refractivity contribution is 7.66. The van der Waals surface area contributed by atoms with Crippen molar-refractivity contribution in [3.05, 3.63) is 23.0 Å². The lowest BCUT2D eigenvalue weighted by atomic mass is 10.1. The van der Waals surface area contributed by atoms with Crippen LogP contribution in [0.1, 0.15) is 6.23 Å². The van der Waals surface area contributed by atoms with Crippen molar-refractivity contribution in [3.63, 3.8) is 0 Å². The van der Waals surface area contributed by atoms with Gasteiger partial charge in [0.25, 0.3) is 5.56 Å². The fourth-order valence-electron chi connectivity index (χ4n) is 5.52. The van der Waals surface area contributed by atoms with E-state index in [1.165, 1.54) is 27.7 Å². The van der Waals surface area contributed by atoms with Crippen molar-refractivity contribution in [1.82, 2.24) is 29.5 Å². The molecule has 12 N–H and O–H groups in total. The maximum atomic E-state index is 12.5. The minimum absolute atomic E-state index is 0.000695. The van der Waals surface area contributed by atoms with Gasteiger partial charge in [-0.05, 0) is 0 Å². The van der Waals surface area contributed by atoms with Gasteiger partial charge in [0.05, 0.1) is 26.2 Å². The maximum absolute atomic E-state index is 12.5. The summed E-state index contributed by atoms with van der Waals surface area (Å²) in [4.78, 5) is 63.2. The van der Waals surface area contributed by atoms with Crippen LogP contribution in [0.25, 0.3) is 11.2 Å². The number of phosphoric ester groups is 2. The first-order chi connectivity index (χ1) is 23.8. The van der Waals surface area contributed by atoms with Gasteiger partial charge in [-0.1, -0.05) is 0 Å². The van der Waals surface area contributed by atoms with Crippen molar-refractivity contribution in [2.45, 2.75) is 49.1 Å². The van der Waals surface area contributed by atoms with E-state index >= 15 is 0 Å². The molecule has 0 saturated carbocycles. The standard InChI is InChI=1S/C21H31N10O17P3/c1-29-6-31(17-10(29)18(36)28-21(23)27-17)20-14(35)12(33)8(46-20)3-44-50(39,40)48-51(41,42)47-49(37,38)43-2-7-11(32)13(34)19(45-7)30-5-26-9-15(22)24-4-25-16(9)30/h4-5,7-8,11-14,19-20,32-35H,2-3,6H2,1H3,(H,37,38)(H,39,40)(H,41,42)(H2,22,24,25)(H3,23,27,28,36)/t7-,8-,11-,12-,13-,14-,19-,20-/m1/s1. The number of hydrogen-bond donors (Lipinski definition) is 10. The Morgan fingerprint density at radius 2 is 1.45 bits per heavy atom. The molecule has 282 valence electrons. The molecule has 6 rings (SSSR count). The number of nitrogens with zero attached hydrogens (tertiary/aromatic N) is 7. The number of aliphatic hydroxyl groups is 4. The van der Waals surface area contributed by atoms with Crippen LogP contribution in [0.2, 0.25) is 0 Å². The number of aliphatic hydroxyl groups excluding tert-OH is 4. The van der Waals surface area contributed by atoms with Crippen LogP contribution in [0.5, 0.6) is 0 Å². The molecule has 0 bridgehead atoms. The number of ether oxygens (including phenoxy) is 2. The Kier molecular flexibility index (Phi) is 10.1. The van der Waals surface area contributed by atoms with Gasteiger partial charge in [-0.15, -0.1) is 0 Å². The summed E-state index contributed by atoms with van der Waals surface area (Å²) >= 11 is 0. The Balaban J connectivity index is 1.03. The van der Waals surface area contributed by atoms with Crippen molar-refractivity contribution >= 4 is 57.9 Å². The number of anilines is 4. The van der Waals surface area contributed by atoms with Crippen LogP contribution < -0.4 is 26.8 Å². The normalized spacial score (nSPS) is 31.5. The zero-order valence-corrected chi connectivity index (χ0v) is 28.4. The first-order valence-corrected chi connectivity index (χ1v) is 18.8. The number of nitrogens with two attached hydrogens (primary N) is 2. The van der Waals surface area contributed by atoms with Gasteiger partial charge < -0.3 is 65.8 Å². The number of H-pyrrole nitrogens is 1. The molecule has 51 heavy (non-hydrogen) atoms. The molecule has 3 aromatic rings. The van der Waals surface area contributed by atoms with Crippen LogP contribution in [-0.2, 0) is 40.8 Å². The van der Waals surface area contributed by atoms with E-state index in [9.17, 15) is 53.6 Å². The molecule has 27 nitrogen and oxygen atoms in total. The summed E-state index contributed by atoms with van der Waals surface area (Å²) in [5, 5.41) is 42.1. The molecule has 3 aliphatic heterocycles. The van der Waals surface area contributed by atoms with Crippen molar-refractivity contribution in [2.75, 3.05) is 48.2 Å². The number of imidazole rings is 1. The number of nitrogens with one attached hydrogen (secondary N) is 1. The second kappa shape index (κ2) is 13.7. The number of aromatic nitrogens is 6. The lowest BCUT2D eigenvalue weighted by Crippen LogP contribution is -2.45. The summed E-state index contributed by atoms with van der Waals surface area (Å²) in [6.07, 6.45) is -10.5. The van der Waals surface area contributed by atoms with Gasteiger partial charge in [-0.25, -0.2) is 28.6 Å².